The van der Waals surface area contributed by atoms with Crippen molar-refractivity contribution in [1.82, 2.24) is 14.5 Å². The van der Waals surface area contributed by atoms with E-state index in [-0.39, 0.29) is 17.1 Å². The van der Waals surface area contributed by atoms with Crippen molar-refractivity contribution in [2.75, 3.05) is 39.6 Å². The number of methoxy groups -OCH3 is 2. The molecule has 0 amide bonds. The maximum absolute atomic E-state index is 13.2. The molecule has 176 valence electrons. The fourth-order valence-electron chi connectivity index (χ4n) is 3.69. The number of carbonyl (C=O) groups excluding carboxylic acids is 1. The first-order chi connectivity index (χ1) is 16.0. The van der Waals surface area contributed by atoms with Crippen LogP contribution in [0.3, 0.4) is 0 Å². The monoisotopic (exact) mass is 469 g/mol. The van der Waals surface area contributed by atoms with Gasteiger partial charge in [-0.3, -0.25) is 14.2 Å². The molecule has 0 radical (unpaired) electrons. The van der Waals surface area contributed by atoms with Crippen LogP contribution in [0.1, 0.15) is 30.6 Å². The van der Waals surface area contributed by atoms with Gasteiger partial charge in [-0.1, -0.05) is 37.7 Å². The Kier molecular flexibility index (Phi) is 8.91. The van der Waals surface area contributed by atoms with Gasteiger partial charge in [0.05, 0.1) is 36.4 Å². The van der Waals surface area contributed by atoms with E-state index in [1.165, 1.54) is 18.9 Å². The summed E-state index contributed by atoms with van der Waals surface area (Å²) in [6.45, 7) is 7.65. The van der Waals surface area contributed by atoms with Crippen LogP contribution in [0.4, 0.5) is 0 Å². The van der Waals surface area contributed by atoms with E-state index in [2.05, 4.69) is 18.7 Å². The molecule has 0 aliphatic heterocycles. The smallest absolute Gasteiger partial charge is 0.262 e. The highest BCUT2D eigenvalue weighted by Gasteiger charge is 2.17. The van der Waals surface area contributed by atoms with Gasteiger partial charge in [-0.15, -0.1) is 0 Å². The second kappa shape index (κ2) is 11.9. The zero-order chi connectivity index (χ0) is 23.8. The maximum Gasteiger partial charge on any atom is 0.262 e. The summed E-state index contributed by atoms with van der Waals surface area (Å²) in [5.41, 5.74) is 1.01. The number of para-hydroxylation sites is 1. The number of rotatable bonds is 12. The minimum absolute atomic E-state index is 0.0749. The second-order valence-electron chi connectivity index (χ2n) is 7.53. The summed E-state index contributed by atoms with van der Waals surface area (Å²) in [6.07, 6.45) is 0.826. The molecule has 0 fully saturated rings. The first-order valence-corrected chi connectivity index (χ1v) is 12.1. The molecule has 0 spiro atoms. The van der Waals surface area contributed by atoms with Crippen molar-refractivity contribution in [3.63, 3.8) is 0 Å². The van der Waals surface area contributed by atoms with Crippen molar-refractivity contribution in [1.29, 1.82) is 0 Å². The summed E-state index contributed by atoms with van der Waals surface area (Å²) in [5.74, 6) is 1.09. The number of thioether (sulfide) groups is 1. The van der Waals surface area contributed by atoms with Gasteiger partial charge in [0, 0.05) is 6.54 Å². The van der Waals surface area contributed by atoms with E-state index in [0.717, 1.165) is 26.1 Å². The molecule has 0 aliphatic carbocycles. The average Bonchev–Trinajstić information content (AvgIpc) is 2.86. The highest BCUT2D eigenvalue weighted by atomic mass is 32.2. The van der Waals surface area contributed by atoms with Crippen LogP contribution in [0.5, 0.6) is 11.5 Å². The molecule has 0 aliphatic rings. The van der Waals surface area contributed by atoms with Gasteiger partial charge in [-0.2, -0.15) is 0 Å². The van der Waals surface area contributed by atoms with Gasteiger partial charge >= 0.3 is 0 Å². The van der Waals surface area contributed by atoms with Crippen LogP contribution in [0.15, 0.2) is 52.4 Å². The number of ether oxygens (including phenoxy) is 2. The van der Waals surface area contributed by atoms with E-state index in [9.17, 15) is 9.59 Å². The molecule has 0 saturated heterocycles. The Bertz CT molecular complexity index is 1160. The van der Waals surface area contributed by atoms with Crippen LogP contribution in [-0.4, -0.2) is 59.8 Å². The van der Waals surface area contributed by atoms with Gasteiger partial charge < -0.3 is 14.4 Å². The van der Waals surface area contributed by atoms with Crippen LogP contribution in [0.25, 0.3) is 10.9 Å². The fraction of sp³-hybridized carbons (Fsp3) is 0.400. The summed E-state index contributed by atoms with van der Waals surface area (Å²) in [4.78, 5) is 33.3. The Hall–Kier alpha value is -2.84. The van der Waals surface area contributed by atoms with E-state index in [1.807, 2.05) is 18.2 Å². The molecule has 33 heavy (non-hydrogen) atoms. The van der Waals surface area contributed by atoms with Crippen molar-refractivity contribution in [2.24, 2.45) is 0 Å². The van der Waals surface area contributed by atoms with Crippen LogP contribution in [0, 0.1) is 0 Å². The number of carbonyl (C=O) groups is 1. The molecule has 0 bridgehead atoms. The number of Topliss-reactive ketones (excluding diaryl/α,β-unsaturated/α-hetero) is 1. The molecule has 3 rings (SSSR count). The average molecular weight is 470 g/mol. The molecule has 8 heteroatoms. The van der Waals surface area contributed by atoms with Crippen molar-refractivity contribution in [3.05, 3.63) is 58.4 Å². The molecular weight excluding hydrogens is 438 g/mol. The highest BCUT2D eigenvalue weighted by Crippen LogP contribution is 2.27. The second-order valence-corrected chi connectivity index (χ2v) is 8.47. The van der Waals surface area contributed by atoms with Gasteiger partial charge in [0.1, 0.15) is 11.5 Å². The van der Waals surface area contributed by atoms with Crippen LogP contribution in [0.2, 0.25) is 0 Å². The van der Waals surface area contributed by atoms with E-state index in [4.69, 9.17) is 14.5 Å². The lowest BCUT2D eigenvalue weighted by Crippen LogP contribution is -2.28. The van der Waals surface area contributed by atoms with Crippen LogP contribution < -0.4 is 15.0 Å². The first kappa shape index (κ1) is 24.8. The number of hydrogen-bond acceptors (Lipinski definition) is 7. The SMILES string of the molecule is CCN(CC)CCCn1c(SCC(=O)c2cc(OC)ccc2OC)nc2ccccc2c1=O. The summed E-state index contributed by atoms with van der Waals surface area (Å²) in [6, 6.07) is 12.5. The summed E-state index contributed by atoms with van der Waals surface area (Å²) in [7, 11) is 3.09. The van der Waals surface area contributed by atoms with Gasteiger partial charge in [0.2, 0.25) is 0 Å². The standard InChI is InChI=1S/C25H31N3O4S/c1-5-27(6-2)14-9-15-28-24(30)19-10-7-8-11-21(19)26-25(28)33-17-22(29)20-16-18(31-3)12-13-23(20)32-4/h7-8,10-13,16H,5-6,9,14-15,17H2,1-4H3. The van der Waals surface area contributed by atoms with Gasteiger partial charge in [-0.25, -0.2) is 4.98 Å². The number of ketones is 1. The van der Waals surface area contributed by atoms with E-state index in [1.54, 1.807) is 35.9 Å². The Balaban J connectivity index is 1.87. The molecule has 1 heterocycles. The first-order valence-electron chi connectivity index (χ1n) is 11.1. The number of benzene rings is 2. The third kappa shape index (κ3) is 5.94. The van der Waals surface area contributed by atoms with Gasteiger partial charge in [0.15, 0.2) is 10.9 Å². The zero-order valence-corrected chi connectivity index (χ0v) is 20.5. The summed E-state index contributed by atoms with van der Waals surface area (Å²) in [5, 5.41) is 1.14. The maximum atomic E-state index is 13.2. The predicted octanol–water partition coefficient (Wildman–Crippen LogP) is 4.12. The molecule has 3 aromatic rings. The summed E-state index contributed by atoms with van der Waals surface area (Å²) >= 11 is 1.27. The Labute approximate surface area is 198 Å². The molecule has 0 atom stereocenters. The minimum atomic E-state index is -0.118. The number of hydrogen-bond donors (Lipinski definition) is 0. The van der Waals surface area contributed by atoms with Crippen molar-refractivity contribution in [3.8, 4) is 11.5 Å². The molecule has 0 N–H and O–H groups in total. The zero-order valence-electron chi connectivity index (χ0n) is 19.7. The van der Waals surface area contributed by atoms with Crippen LogP contribution >= 0.6 is 11.8 Å². The third-order valence-corrected chi connectivity index (χ3v) is 6.59. The Morgan fingerprint density at radius 2 is 1.85 bits per heavy atom. The topological polar surface area (TPSA) is 73.7 Å². The van der Waals surface area contributed by atoms with E-state index in [0.29, 0.717) is 39.7 Å². The van der Waals surface area contributed by atoms with Crippen molar-refractivity contribution < 1.29 is 14.3 Å². The molecular formula is C25H31N3O4S. The predicted molar refractivity (Wildman–Crippen MR) is 133 cm³/mol. The molecule has 2 aromatic carbocycles. The lowest BCUT2D eigenvalue weighted by Gasteiger charge is -2.19. The van der Waals surface area contributed by atoms with Gasteiger partial charge in [-0.05, 0) is 56.4 Å². The number of fused-ring (bicyclic) bond motifs is 1. The third-order valence-electron chi connectivity index (χ3n) is 5.62. The Morgan fingerprint density at radius 1 is 1.09 bits per heavy atom. The van der Waals surface area contributed by atoms with Crippen LogP contribution in [-0.2, 0) is 6.54 Å². The minimum Gasteiger partial charge on any atom is -0.497 e. The van der Waals surface area contributed by atoms with E-state index >= 15 is 0 Å². The van der Waals surface area contributed by atoms with Gasteiger partial charge in [0.25, 0.3) is 5.56 Å². The normalized spacial score (nSPS) is 11.2. The number of aromatic nitrogens is 2. The molecule has 7 nitrogen and oxygen atoms in total. The van der Waals surface area contributed by atoms with Crippen molar-refractivity contribution in [2.45, 2.75) is 32.0 Å². The fourth-order valence-corrected chi connectivity index (χ4v) is 4.60. The molecule has 1 aromatic heterocycles. The lowest BCUT2D eigenvalue weighted by molar-refractivity contribution is 0.101. The molecule has 0 unspecified atom stereocenters. The van der Waals surface area contributed by atoms with Crippen molar-refractivity contribution >= 4 is 28.4 Å². The van der Waals surface area contributed by atoms with E-state index < -0.39 is 0 Å². The quantitative estimate of drug-likeness (QED) is 0.224. The Morgan fingerprint density at radius 3 is 2.55 bits per heavy atom. The number of nitrogens with zero attached hydrogens (tertiary/aromatic N) is 3. The highest BCUT2D eigenvalue weighted by molar-refractivity contribution is 7.99. The largest absolute Gasteiger partial charge is 0.497 e. The lowest BCUT2D eigenvalue weighted by atomic mass is 10.1. The summed E-state index contributed by atoms with van der Waals surface area (Å²) < 4.78 is 12.3. The molecule has 0 saturated carbocycles.